The molecule has 2 aliphatic rings. The fraction of sp³-hybridized carbons (Fsp3) is 0.765. The van der Waals surface area contributed by atoms with Gasteiger partial charge in [0.25, 0.3) is 15.6 Å². The summed E-state index contributed by atoms with van der Waals surface area (Å²) in [6, 6.07) is 0.0873. The van der Waals surface area contributed by atoms with Crippen LogP contribution >= 0.6 is 0 Å². The van der Waals surface area contributed by atoms with E-state index in [2.05, 4.69) is 5.32 Å². The zero-order valence-electron chi connectivity index (χ0n) is 15.7. The van der Waals surface area contributed by atoms with Crippen molar-refractivity contribution in [2.24, 2.45) is 14.1 Å². The second-order valence-electron chi connectivity index (χ2n) is 7.53. The van der Waals surface area contributed by atoms with E-state index in [1.165, 1.54) is 14.1 Å². The van der Waals surface area contributed by atoms with Crippen LogP contribution in [0, 0.1) is 0 Å². The lowest BCUT2D eigenvalue weighted by Gasteiger charge is -2.40. The van der Waals surface area contributed by atoms with E-state index in [-0.39, 0.29) is 10.9 Å². The molecule has 1 aromatic rings. The Balaban J connectivity index is 2.10. The van der Waals surface area contributed by atoms with Gasteiger partial charge in [-0.15, -0.1) is 0 Å². The molecule has 146 valence electrons. The molecule has 0 bridgehead atoms. The van der Waals surface area contributed by atoms with Gasteiger partial charge in [-0.3, -0.25) is 9.36 Å². The Morgan fingerprint density at radius 2 is 1.85 bits per heavy atom. The predicted molar refractivity (Wildman–Crippen MR) is 98.7 cm³/mol. The molecule has 2 heterocycles. The molecule has 0 radical (unpaired) electrons. The van der Waals surface area contributed by atoms with E-state index >= 15 is 0 Å². The van der Waals surface area contributed by atoms with Crippen molar-refractivity contribution in [3.8, 4) is 0 Å². The Labute approximate surface area is 153 Å². The molecular weight excluding hydrogens is 356 g/mol. The maximum absolute atomic E-state index is 13.5. The van der Waals surface area contributed by atoms with E-state index in [1.54, 1.807) is 4.31 Å². The summed E-state index contributed by atoms with van der Waals surface area (Å²) in [5.74, 6) is 0. The van der Waals surface area contributed by atoms with Crippen molar-refractivity contribution in [3.05, 3.63) is 27.0 Å². The lowest BCUT2D eigenvalue weighted by atomic mass is 9.80. The number of hydrogen-bond acceptors (Lipinski definition) is 5. The largest absolute Gasteiger partial charge is 0.330 e. The third-order valence-corrected chi connectivity index (χ3v) is 7.75. The summed E-state index contributed by atoms with van der Waals surface area (Å²) in [4.78, 5) is 24.2. The summed E-state index contributed by atoms with van der Waals surface area (Å²) in [5.41, 5.74) is -1.72. The van der Waals surface area contributed by atoms with E-state index in [9.17, 15) is 18.0 Å². The SMILES string of the molecule is CCNC1CN(S(=O)(=O)c2cn(C)c(=O)n(C)c2=O)C2(CCCCC2)C1. The average molecular weight is 385 g/mol. The Bertz CT molecular complexity index is 896. The summed E-state index contributed by atoms with van der Waals surface area (Å²) in [6.07, 6.45) is 6.68. The average Bonchev–Trinajstić information content (AvgIpc) is 2.95. The molecule has 26 heavy (non-hydrogen) atoms. The highest BCUT2D eigenvalue weighted by Crippen LogP contribution is 2.44. The monoisotopic (exact) mass is 384 g/mol. The maximum Gasteiger partial charge on any atom is 0.330 e. The summed E-state index contributed by atoms with van der Waals surface area (Å²) in [5, 5.41) is 3.37. The van der Waals surface area contributed by atoms with Crippen molar-refractivity contribution in [2.45, 2.75) is 61.9 Å². The molecule has 2 fully saturated rings. The van der Waals surface area contributed by atoms with Crippen molar-refractivity contribution in [2.75, 3.05) is 13.1 Å². The van der Waals surface area contributed by atoms with E-state index in [1.807, 2.05) is 6.92 Å². The number of aryl methyl sites for hydroxylation is 1. The summed E-state index contributed by atoms with van der Waals surface area (Å²) in [6.45, 7) is 3.14. The first kappa shape index (κ1) is 19.3. The van der Waals surface area contributed by atoms with Gasteiger partial charge in [0.1, 0.15) is 0 Å². The third kappa shape index (κ3) is 3.05. The van der Waals surface area contributed by atoms with Crippen molar-refractivity contribution in [1.29, 1.82) is 0 Å². The summed E-state index contributed by atoms with van der Waals surface area (Å²) in [7, 11) is -1.22. The smallest absolute Gasteiger partial charge is 0.313 e. The third-order valence-electron chi connectivity index (χ3n) is 5.80. The molecule has 3 rings (SSSR count). The van der Waals surface area contributed by atoms with Crippen LogP contribution < -0.4 is 16.6 Å². The van der Waals surface area contributed by atoms with Crippen LogP contribution in [0.15, 0.2) is 20.7 Å². The lowest BCUT2D eigenvalue weighted by molar-refractivity contribution is 0.170. The Hall–Kier alpha value is -1.45. The number of rotatable bonds is 4. The highest BCUT2D eigenvalue weighted by Gasteiger charge is 2.51. The van der Waals surface area contributed by atoms with Crippen LogP contribution in [0.5, 0.6) is 0 Å². The number of likely N-dealkylation sites (N-methyl/N-ethyl adjacent to an activating group) is 1. The van der Waals surface area contributed by atoms with Crippen LogP contribution in [0.25, 0.3) is 0 Å². The molecule has 0 aromatic carbocycles. The molecule has 1 aliphatic heterocycles. The molecule has 1 spiro atoms. The van der Waals surface area contributed by atoms with Gasteiger partial charge in [-0.2, -0.15) is 4.31 Å². The molecule has 9 heteroatoms. The fourth-order valence-electron chi connectivity index (χ4n) is 4.53. The van der Waals surface area contributed by atoms with Crippen LogP contribution in [-0.2, 0) is 24.1 Å². The predicted octanol–water partition coefficient (Wildman–Crippen LogP) is 0.159. The molecule has 1 saturated carbocycles. The normalized spacial score (nSPS) is 23.6. The van der Waals surface area contributed by atoms with Gasteiger partial charge < -0.3 is 9.88 Å². The van der Waals surface area contributed by atoms with Gasteiger partial charge in [0, 0.05) is 38.4 Å². The topological polar surface area (TPSA) is 93.4 Å². The first-order chi connectivity index (χ1) is 12.2. The number of sulfonamides is 1. The zero-order valence-corrected chi connectivity index (χ0v) is 16.5. The van der Waals surface area contributed by atoms with Gasteiger partial charge in [-0.25, -0.2) is 13.2 Å². The van der Waals surface area contributed by atoms with Crippen LogP contribution in [0.3, 0.4) is 0 Å². The van der Waals surface area contributed by atoms with E-state index in [0.29, 0.717) is 6.54 Å². The molecule has 1 aliphatic carbocycles. The Morgan fingerprint density at radius 1 is 1.19 bits per heavy atom. The molecule has 8 nitrogen and oxygen atoms in total. The molecule has 1 saturated heterocycles. The van der Waals surface area contributed by atoms with Crippen molar-refractivity contribution < 1.29 is 8.42 Å². The first-order valence-corrected chi connectivity index (χ1v) is 10.7. The fourth-order valence-corrected chi connectivity index (χ4v) is 6.56. The van der Waals surface area contributed by atoms with E-state index in [4.69, 9.17) is 0 Å². The van der Waals surface area contributed by atoms with Gasteiger partial charge in [0.15, 0.2) is 4.90 Å². The lowest BCUT2D eigenvalue weighted by Crippen LogP contribution is -2.50. The van der Waals surface area contributed by atoms with Gasteiger partial charge >= 0.3 is 5.69 Å². The first-order valence-electron chi connectivity index (χ1n) is 9.26. The minimum atomic E-state index is -3.99. The molecular formula is C17H28N4O4S. The summed E-state index contributed by atoms with van der Waals surface area (Å²) < 4.78 is 30.5. The standard InChI is InChI=1S/C17H28N4O4S/c1-4-18-13-10-17(8-6-5-7-9-17)21(11-13)26(24,25)14-12-19(2)16(23)20(3)15(14)22/h12-13,18H,4-11H2,1-3H3. The number of nitrogens with one attached hydrogen (secondary N) is 1. The van der Waals surface area contributed by atoms with Gasteiger partial charge in [0.2, 0.25) is 0 Å². The number of nitrogens with zero attached hydrogens (tertiary/aromatic N) is 3. The van der Waals surface area contributed by atoms with Gasteiger partial charge in [-0.05, 0) is 25.8 Å². The zero-order chi connectivity index (χ0) is 19.1. The van der Waals surface area contributed by atoms with Crippen LogP contribution in [0.1, 0.15) is 45.4 Å². The van der Waals surface area contributed by atoms with Gasteiger partial charge in [-0.1, -0.05) is 26.2 Å². The Kier molecular flexibility index (Phi) is 5.15. The minimum Gasteiger partial charge on any atom is -0.313 e. The van der Waals surface area contributed by atoms with Crippen LogP contribution in [-0.4, -0.2) is 46.5 Å². The number of hydrogen-bond donors (Lipinski definition) is 1. The molecule has 1 aromatic heterocycles. The highest BCUT2D eigenvalue weighted by molar-refractivity contribution is 7.89. The Morgan fingerprint density at radius 3 is 2.46 bits per heavy atom. The molecule has 1 atom stereocenters. The van der Waals surface area contributed by atoms with E-state index < -0.39 is 26.8 Å². The molecule has 1 N–H and O–H groups in total. The quantitative estimate of drug-likeness (QED) is 0.798. The van der Waals surface area contributed by atoms with Crippen LogP contribution in [0.2, 0.25) is 0 Å². The summed E-state index contributed by atoms with van der Waals surface area (Å²) >= 11 is 0. The van der Waals surface area contributed by atoms with Crippen molar-refractivity contribution in [3.63, 3.8) is 0 Å². The molecule has 1 unspecified atom stereocenters. The van der Waals surface area contributed by atoms with E-state index in [0.717, 1.165) is 60.4 Å². The molecule has 0 amide bonds. The maximum atomic E-state index is 13.5. The highest BCUT2D eigenvalue weighted by atomic mass is 32.2. The van der Waals surface area contributed by atoms with Crippen molar-refractivity contribution >= 4 is 10.0 Å². The minimum absolute atomic E-state index is 0.0873. The van der Waals surface area contributed by atoms with Crippen molar-refractivity contribution in [1.82, 2.24) is 18.8 Å². The number of aromatic nitrogens is 2. The second-order valence-corrected chi connectivity index (χ2v) is 9.36. The van der Waals surface area contributed by atoms with Gasteiger partial charge in [0.05, 0.1) is 0 Å². The van der Waals surface area contributed by atoms with Crippen LogP contribution in [0.4, 0.5) is 0 Å². The second kappa shape index (κ2) is 6.94.